The number of carbonyl (C=O) groups is 3. The summed E-state index contributed by atoms with van der Waals surface area (Å²) < 4.78 is 4.86. The van der Waals surface area contributed by atoms with Crippen molar-refractivity contribution in [2.45, 2.75) is 26.2 Å². The summed E-state index contributed by atoms with van der Waals surface area (Å²) in [6, 6.07) is 4.64. The summed E-state index contributed by atoms with van der Waals surface area (Å²) in [7, 11) is 0. The largest absolute Gasteiger partial charge is 0.481 e. The van der Waals surface area contributed by atoms with Gasteiger partial charge in [-0.25, -0.2) is 4.79 Å². The molecule has 6 nitrogen and oxygen atoms in total. The van der Waals surface area contributed by atoms with E-state index in [0.717, 1.165) is 0 Å². The van der Waals surface area contributed by atoms with Crippen LogP contribution in [0.5, 0.6) is 0 Å². The third kappa shape index (κ3) is 4.72. The molecule has 20 heavy (non-hydrogen) atoms. The molecule has 0 saturated carbocycles. The molecule has 0 radical (unpaired) electrons. The number of carboxylic acid groups (broad SMARTS) is 2. The van der Waals surface area contributed by atoms with E-state index in [1.54, 1.807) is 19.1 Å². The van der Waals surface area contributed by atoms with E-state index < -0.39 is 17.9 Å². The summed E-state index contributed by atoms with van der Waals surface area (Å²) in [4.78, 5) is 33.1. The van der Waals surface area contributed by atoms with Crippen molar-refractivity contribution in [1.29, 1.82) is 0 Å². The van der Waals surface area contributed by atoms with Gasteiger partial charge < -0.3 is 14.9 Å². The molecule has 6 heteroatoms. The van der Waals surface area contributed by atoms with Crippen LogP contribution in [-0.4, -0.2) is 34.7 Å². The summed E-state index contributed by atoms with van der Waals surface area (Å²) in [5.41, 5.74) is 1.21. The average molecular weight is 280 g/mol. The van der Waals surface area contributed by atoms with Crippen LogP contribution in [0.1, 0.15) is 34.8 Å². The van der Waals surface area contributed by atoms with Crippen molar-refractivity contribution < 1.29 is 29.3 Å². The van der Waals surface area contributed by atoms with Gasteiger partial charge in [-0.15, -0.1) is 0 Å². The Morgan fingerprint density at radius 3 is 2.40 bits per heavy atom. The van der Waals surface area contributed by atoms with E-state index in [2.05, 4.69) is 0 Å². The smallest absolute Gasteiger partial charge is 0.338 e. The van der Waals surface area contributed by atoms with Crippen LogP contribution in [0.3, 0.4) is 0 Å². The maximum absolute atomic E-state index is 11.7. The molecule has 0 aliphatic carbocycles. The van der Waals surface area contributed by atoms with E-state index in [4.69, 9.17) is 14.9 Å². The van der Waals surface area contributed by atoms with Crippen molar-refractivity contribution in [2.24, 2.45) is 0 Å². The van der Waals surface area contributed by atoms with Gasteiger partial charge in [-0.3, -0.25) is 9.59 Å². The summed E-state index contributed by atoms with van der Waals surface area (Å²) in [5, 5.41) is 17.5. The molecular weight excluding hydrogens is 264 g/mol. The molecule has 0 aromatic heterocycles. The summed E-state index contributed by atoms with van der Waals surface area (Å²) in [6.07, 6.45) is -0.0780. The van der Waals surface area contributed by atoms with Crippen LogP contribution >= 0.6 is 0 Å². The van der Waals surface area contributed by atoms with E-state index in [9.17, 15) is 14.4 Å². The number of hydrogen-bond acceptors (Lipinski definition) is 4. The number of carbonyl (C=O) groups excluding carboxylic acids is 1. The van der Waals surface area contributed by atoms with E-state index in [0.29, 0.717) is 11.1 Å². The lowest BCUT2D eigenvalue weighted by Crippen LogP contribution is -2.12. The second-order valence-corrected chi connectivity index (χ2v) is 4.18. The van der Waals surface area contributed by atoms with E-state index >= 15 is 0 Å². The van der Waals surface area contributed by atoms with Gasteiger partial charge in [0.2, 0.25) is 0 Å². The Labute approximate surface area is 116 Å². The zero-order chi connectivity index (χ0) is 15.1. The van der Waals surface area contributed by atoms with Gasteiger partial charge in [0.05, 0.1) is 18.6 Å². The minimum absolute atomic E-state index is 0.0503. The first-order valence-electron chi connectivity index (χ1n) is 6.16. The highest BCUT2D eigenvalue weighted by Crippen LogP contribution is 2.16. The number of hydrogen-bond donors (Lipinski definition) is 2. The van der Waals surface area contributed by atoms with E-state index in [-0.39, 0.29) is 31.4 Å². The van der Waals surface area contributed by atoms with Gasteiger partial charge in [-0.2, -0.15) is 0 Å². The van der Waals surface area contributed by atoms with Crippen molar-refractivity contribution >= 4 is 17.9 Å². The van der Waals surface area contributed by atoms with Gasteiger partial charge in [-0.05, 0) is 30.5 Å². The molecule has 0 unspecified atom stereocenters. The molecule has 0 spiro atoms. The van der Waals surface area contributed by atoms with E-state index in [1.165, 1.54) is 6.07 Å². The van der Waals surface area contributed by atoms with Crippen LogP contribution in [-0.2, 0) is 27.2 Å². The standard InChI is InChI=1S/C14H16O6/c1-2-20-14(19)11-5-3-9(4-6-12(15)16)7-10(11)8-13(17)18/h3,5,7H,2,4,6,8H2,1H3,(H,15,16)(H,17,18). The molecule has 0 aliphatic rings. The molecule has 0 fully saturated rings. The number of aliphatic carboxylic acids is 2. The van der Waals surface area contributed by atoms with Crippen molar-refractivity contribution in [3.8, 4) is 0 Å². The minimum atomic E-state index is -1.06. The summed E-state index contributed by atoms with van der Waals surface area (Å²) >= 11 is 0. The fraction of sp³-hybridized carbons (Fsp3) is 0.357. The van der Waals surface area contributed by atoms with Crippen molar-refractivity contribution in [1.82, 2.24) is 0 Å². The second kappa shape index (κ2) is 7.28. The predicted molar refractivity (Wildman–Crippen MR) is 69.7 cm³/mol. The number of benzene rings is 1. The number of aryl methyl sites for hydroxylation is 1. The summed E-state index contributed by atoms with van der Waals surface area (Å²) in [6.45, 7) is 1.86. The Kier molecular flexibility index (Phi) is 5.71. The fourth-order valence-electron chi connectivity index (χ4n) is 1.77. The number of rotatable bonds is 7. The van der Waals surface area contributed by atoms with Crippen LogP contribution in [0.15, 0.2) is 18.2 Å². The maximum Gasteiger partial charge on any atom is 0.338 e. The molecule has 0 amide bonds. The lowest BCUT2D eigenvalue weighted by molar-refractivity contribution is -0.137. The molecule has 1 aromatic rings. The molecule has 1 aromatic carbocycles. The molecular formula is C14H16O6. The van der Waals surface area contributed by atoms with Crippen LogP contribution in [0.2, 0.25) is 0 Å². The van der Waals surface area contributed by atoms with Gasteiger partial charge in [0.25, 0.3) is 0 Å². The van der Waals surface area contributed by atoms with Crippen LogP contribution in [0.25, 0.3) is 0 Å². The molecule has 2 N–H and O–H groups in total. The van der Waals surface area contributed by atoms with Gasteiger partial charge in [0, 0.05) is 6.42 Å². The van der Waals surface area contributed by atoms with Crippen LogP contribution in [0, 0.1) is 0 Å². The Bertz CT molecular complexity index is 520. The first-order chi connectivity index (χ1) is 9.43. The monoisotopic (exact) mass is 280 g/mol. The van der Waals surface area contributed by atoms with E-state index in [1.807, 2.05) is 0 Å². The SMILES string of the molecule is CCOC(=O)c1ccc(CCC(=O)O)cc1CC(=O)O. The average Bonchev–Trinajstić information content (AvgIpc) is 2.36. The molecule has 1 rings (SSSR count). The predicted octanol–water partition coefficient (Wildman–Crippen LogP) is 1.51. The lowest BCUT2D eigenvalue weighted by Gasteiger charge is -2.09. The topological polar surface area (TPSA) is 101 Å². The van der Waals surface area contributed by atoms with Gasteiger partial charge in [0.1, 0.15) is 0 Å². The Balaban J connectivity index is 3.02. The first-order valence-corrected chi connectivity index (χ1v) is 6.16. The van der Waals surface area contributed by atoms with Crippen molar-refractivity contribution in [2.75, 3.05) is 6.61 Å². The van der Waals surface area contributed by atoms with Gasteiger partial charge >= 0.3 is 17.9 Å². The van der Waals surface area contributed by atoms with Gasteiger partial charge in [0.15, 0.2) is 0 Å². The highest BCUT2D eigenvalue weighted by atomic mass is 16.5. The van der Waals surface area contributed by atoms with Crippen LogP contribution in [0.4, 0.5) is 0 Å². The van der Waals surface area contributed by atoms with Gasteiger partial charge in [-0.1, -0.05) is 12.1 Å². The Hall–Kier alpha value is -2.37. The molecule has 108 valence electrons. The minimum Gasteiger partial charge on any atom is -0.481 e. The Morgan fingerprint density at radius 2 is 1.85 bits per heavy atom. The summed E-state index contributed by atoms with van der Waals surface area (Å²) in [5.74, 6) is -2.57. The molecule has 0 aliphatic heterocycles. The number of ether oxygens (including phenoxy) is 1. The molecule has 0 saturated heterocycles. The number of esters is 1. The third-order valence-corrected chi connectivity index (χ3v) is 2.63. The zero-order valence-corrected chi connectivity index (χ0v) is 11.1. The third-order valence-electron chi connectivity index (χ3n) is 2.63. The maximum atomic E-state index is 11.7. The highest BCUT2D eigenvalue weighted by molar-refractivity contribution is 5.92. The van der Waals surface area contributed by atoms with Crippen molar-refractivity contribution in [3.63, 3.8) is 0 Å². The normalized spacial score (nSPS) is 10.1. The van der Waals surface area contributed by atoms with Crippen molar-refractivity contribution in [3.05, 3.63) is 34.9 Å². The Morgan fingerprint density at radius 1 is 1.15 bits per heavy atom. The second-order valence-electron chi connectivity index (χ2n) is 4.18. The molecule has 0 heterocycles. The quantitative estimate of drug-likeness (QED) is 0.734. The zero-order valence-electron chi connectivity index (χ0n) is 11.1. The number of carboxylic acids is 2. The molecule has 0 atom stereocenters. The highest BCUT2D eigenvalue weighted by Gasteiger charge is 2.15. The first kappa shape index (κ1) is 15.7. The van der Waals surface area contributed by atoms with Crippen LogP contribution < -0.4 is 0 Å². The molecule has 0 bridgehead atoms. The fourth-order valence-corrected chi connectivity index (χ4v) is 1.77. The lowest BCUT2D eigenvalue weighted by atomic mass is 9.99.